The summed E-state index contributed by atoms with van der Waals surface area (Å²) >= 11 is 0. The van der Waals surface area contributed by atoms with Crippen LogP contribution in [0.15, 0.2) is 22.7 Å². The summed E-state index contributed by atoms with van der Waals surface area (Å²) in [6.45, 7) is 10.5. The van der Waals surface area contributed by atoms with Crippen molar-refractivity contribution in [2.24, 2.45) is 0 Å². The van der Waals surface area contributed by atoms with Crippen LogP contribution in [0.2, 0.25) is 0 Å². The summed E-state index contributed by atoms with van der Waals surface area (Å²) < 4.78 is 18.7. The molecular formula is C17H24FN3O2. The number of halogens is 1. The molecular weight excluding hydrogens is 297 g/mol. The van der Waals surface area contributed by atoms with Crippen molar-refractivity contribution in [3.8, 4) is 11.4 Å². The number of likely N-dealkylation sites (N-methyl/N-ethyl adjacent to an activating group) is 1. The number of rotatable bonds is 6. The molecule has 0 bridgehead atoms. The molecule has 1 aromatic carbocycles. The molecule has 2 aromatic rings. The minimum absolute atomic E-state index is 0.116. The Morgan fingerprint density at radius 1 is 1.39 bits per heavy atom. The molecule has 126 valence electrons. The molecule has 0 saturated heterocycles. The molecule has 0 saturated carbocycles. The van der Waals surface area contributed by atoms with Gasteiger partial charge in [0.2, 0.25) is 11.7 Å². The van der Waals surface area contributed by atoms with E-state index in [4.69, 9.17) is 4.52 Å². The highest BCUT2D eigenvalue weighted by Crippen LogP contribution is 2.24. The van der Waals surface area contributed by atoms with E-state index < -0.39 is 5.60 Å². The third-order valence-electron chi connectivity index (χ3n) is 3.76. The van der Waals surface area contributed by atoms with Crippen molar-refractivity contribution in [1.29, 1.82) is 0 Å². The lowest BCUT2D eigenvalue weighted by molar-refractivity contribution is 0.0200. The van der Waals surface area contributed by atoms with E-state index in [0.717, 1.165) is 12.1 Å². The number of aliphatic hydroxyl groups is 1. The average molecular weight is 321 g/mol. The van der Waals surface area contributed by atoms with Gasteiger partial charge in [-0.05, 0) is 58.0 Å². The lowest BCUT2D eigenvalue weighted by Gasteiger charge is -2.30. The predicted molar refractivity (Wildman–Crippen MR) is 86.4 cm³/mol. The first kappa shape index (κ1) is 17.6. The Balaban J connectivity index is 2.21. The maximum Gasteiger partial charge on any atom is 0.244 e. The van der Waals surface area contributed by atoms with Gasteiger partial charge in [-0.3, -0.25) is 4.90 Å². The largest absolute Gasteiger partial charge is 0.389 e. The molecule has 0 spiro atoms. The van der Waals surface area contributed by atoms with Gasteiger partial charge in [-0.2, -0.15) is 4.98 Å². The summed E-state index contributed by atoms with van der Waals surface area (Å²) in [6.07, 6.45) is 0. The second kappa shape index (κ2) is 6.76. The number of hydrogen-bond donors (Lipinski definition) is 1. The maximum atomic E-state index is 13.4. The zero-order valence-corrected chi connectivity index (χ0v) is 14.3. The standard InChI is InChI=1S/C17H24FN3O2/c1-6-21(10-17(4,5)22)12(3)16-19-15(20-23-16)13-7-8-14(18)11(2)9-13/h7-9,12,22H,6,10H2,1-5H3. The maximum absolute atomic E-state index is 13.4. The molecule has 1 atom stereocenters. The summed E-state index contributed by atoms with van der Waals surface area (Å²) in [5, 5.41) is 14.0. The van der Waals surface area contributed by atoms with Crippen molar-refractivity contribution in [2.45, 2.75) is 46.3 Å². The molecule has 1 N–H and O–H groups in total. The van der Waals surface area contributed by atoms with Crippen LogP contribution in [-0.2, 0) is 0 Å². The number of aryl methyl sites for hydroxylation is 1. The van der Waals surface area contributed by atoms with Gasteiger partial charge >= 0.3 is 0 Å². The Hall–Kier alpha value is -1.79. The predicted octanol–water partition coefficient (Wildman–Crippen LogP) is 3.34. The Morgan fingerprint density at radius 3 is 2.65 bits per heavy atom. The lowest BCUT2D eigenvalue weighted by Crippen LogP contribution is -2.40. The van der Waals surface area contributed by atoms with Gasteiger partial charge in [0.25, 0.3) is 0 Å². The first-order chi connectivity index (χ1) is 10.7. The minimum Gasteiger partial charge on any atom is -0.389 e. The summed E-state index contributed by atoms with van der Waals surface area (Å²) in [5.74, 6) is 0.663. The third kappa shape index (κ3) is 4.36. The highest BCUT2D eigenvalue weighted by Gasteiger charge is 2.26. The smallest absolute Gasteiger partial charge is 0.244 e. The van der Waals surface area contributed by atoms with Crippen LogP contribution >= 0.6 is 0 Å². The van der Waals surface area contributed by atoms with Crippen molar-refractivity contribution in [3.63, 3.8) is 0 Å². The van der Waals surface area contributed by atoms with E-state index >= 15 is 0 Å². The number of aromatic nitrogens is 2. The van der Waals surface area contributed by atoms with Crippen LogP contribution in [0, 0.1) is 12.7 Å². The van der Waals surface area contributed by atoms with E-state index in [-0.39, 0.29) is 11.9 Å². The highest BCUT2D eigenvalue weighted by atomic mass is 19.1. The minimum atomic E-state index is -0.804. The molecule has 1 heterocycles. The topological polar surface area (TPSA) is 62.4 Å². The van der Waals surface area contributed by atoms with Gasteiger partial charge in [-0.15, -0.1) is 0 Å². The van der Waals surface area contributed by atoms with Crippen LogP contribution in [0.1, 0.15) is 45.2 Å². The monoisotopic (exact) mass is 321 g/mol. The molecule has 0 fully saturated rings. The zero-order valence-electron chi connectivity index (χ0n) is 14.3. The van der Waals surface area contributed by atoms with Crippen LogP contribution in [0.25, 0.3) is 11.4 Å². The Morgan fingerprint density at radius 2 is 2.09 bits per heavy atom. The molecule has 23 heavy (non-hydrogen) atoms. The van der Waals surface area contributed by atoms with E-state index in [9.17, 15) is 9.50 Å². The normalized spacial score (nSPS) is 13.6. The van der Waals surface area contributed by atoms with Gasteiger partial charge in [0.05, 0.1) is 11.6 Å². The van der Waals surface area contributed by atoms with Crippen molar-refractivity contribution < 1.29 is 14.0 Å². The van der Waals surface area contributed by atoms with Gasteiger partial charge in [-0.25, -0.2) is 4.39 Å². The molecule has 2 rings (SSSR count). The molecule has 0 radical (unpaired) electrons. The van der Waals surface area contributed by atoms with Gasteiger partial charge < -0.3 is 9.63 Å². The highest BCUT2D eigenvalue weighted by molar-refractivity contribution is 5.55. The fourth-order valence-corrected chi connectivity index (χ4v) is 2.48. The fraction of sp³-hybridized carbons (Fsp3) is 0.529. The molecule has 0 aliphatic rings. The molecule has 0 aliphatic heterocycles. The molecule has 0 amide bonds. The number of hydrogen-bond acceptors (Lipinski definition) is 5. The lowest BCUT2D eigenvalue weighted by atomic mass is 10.1. The van der Waals surface area contributed by atoms with E-state index in [1.807, 2.05) is 13.8 Å². The van der Waals surface area contributed by atoms with Crippen LogP contribution in [-0.4, -0.2) is 38.8 Å². The van der Waals surface area contributed by atoms with E-state index in [0.29, 0.717) is 23.8 Å². The SMILES string of the molecule is CCN(CC(C)(C)O)C(C)c1nc(-c2ccc(F)c(C)c2)no1. The van der Waals surface area contributed by atoms with Gasteiger partial charge in [0.1, 0.15) is 5.82 Å². The quantitative estimate of drug-likeness (QED) is 0.884. The number of benzene rings is 1. The Labute approximate surface area is 136 Å². The van der Waals surface area contributed by atoms with Crippen LogP contribution < -0.4 is 0 Å². The summed E-state index contributed by atoms with van der Waals surface area (Å²) in [4.78, 5) is 6.49. The van der Waals surface area contributed by atoms with E-state index in [1.54, 1.807) is 32.9 Å². The van der Waals surface area contributed by atoms with Crippen LogP contribution in [0.4, 0.5) is 4.39 Å². The average Bonchev–Trinajstić information content (AvgIpc) is 2.95. The second-order valence-electron chi connectivity index (χ2n) is 6.47. The first-order valence-corrected chi connectivity index (χ1v) is 7.78. The van der Waals surface area contributed by atoms with E-state index in [2.05, 4.69) is 15.0 Å². The molecule has 0 aliphatic carbocycles. The van der Waals surface area contributed by atoms with Gasteiger partial charge in [-0.1, -0.05) is 12.1 Å². The van der Waals surface area contributed by atoms with Gasteiger partial charge in [0.15, 0.2) is 0 Å². The summed E-state index contributed by atoms with van der Waals surface area (Å²) in [7, 11) is 0. The molecule has 1 unspecified atom stereocenters. The number of nitrogens with zero attached hydrogens (tertiary/aromatic N) is 3. The van der Waals surface area contributed by atoms with Crippen molar-refractivity contribution in [2.75, 3.05) is 13.1 Å². The third-order valence-corrected chi connectivity index (χ3v) is 3.76. The Bertz CT molecular complexity index is 664. The molecule has 1 aromatic heterocycles. The van der Waals surface area contributed by atoms with E-state index in [1.165, 1.54) is 6.07 Å². The van der Waals surface area contributed by atoms with Crippen molar-refractivity contribution in [3.05, 3.63) is 35.5 Å². The van der Waals surface area contributed by atoms with Crippen LogP contribution in [0.3, 0.4) is 0 Å². The van der Waals surface area contributed by atoms with Crippen LogP contribution in [0.5, 0.6) is 0 Å². The fourth-order valence-electron chi connectivity index (χ4n) is 2.48. The summed E-state index contributed by atoms with van der Waals surface area (Å²) in [5.41, 5.74) is 0.456. The second-order valence-corrected chi connectivity index (χ2v) is 6.47. The van der Waals surface area contributed by atoms with Crippen molar-refractivity contribution >= 4 is 0 Å². The van der Waals surface area contributed by atoms with Crippen molar-refractivity contribution in [1.82, 2.24) is 15.0 Å². The first-order valence-electron chi connectivity index (χ1n) is 7.78. The van der Waals surface area contributed by atoms with Gasteiger partial charge in [0, 0.05) is 12.1 Å². The zero-order chi connectivity index (χ0) is 17.2. The molecule has 6 heteroatoms. The Kier molecular flexibility index (Phi) is 5.16. The molecule has 5 nitrogen and oxygen atoms in total. The summed E-state index contributed by atoms with van der Waals surface area (Å²) in [6, 6.07) is 4.62.